The number of hydrogen-bond acceptors (Lipinski definition) is 2. The average molecular weight is 168 g/mol. The van der Waals surface area contributed by atoms with Crippen LogP contribution in [0.25, 0.3) is 0 Å². The van der Waals surface area contributed by atoms with E-state index in [0.717, 1.165) is 24.7 Å². The molecule has 2 heteroatoms. The van der Waals surface area contributed by atoms with Crippen molar-refractivity contribution < 1.29 is 9.53 Å². The van der Waals surface area contributed by atoms with Crippen LogP contribution < -0.4 is 0 Å². The van der Waals surface area contributed by atoms with Crippen molar-refractivity contribution in [3.63, 3.8) is 0 Å². The first kappa shape index (κ1) is 8.09. The Kier molecular flexibility index (Phi) is 1.85. The topological polar surface area (TPSA) is 26.3 Å². The molecular formula is C10H16O2. The number of esters is 1. The highest BCUT2D eigenvalue weighted by atomic mass is 16.5. The van der Waals surface area contributed by atoms with Gasteiger partial charge in [0.15, 0.2) is 0 Å². The lowest BCUT2D eigenvalue weighted by molar-refractivity contribution is -0.152. The maximum absolute atomic E-state index is 11.2. The van der Waals surface area contributed by atoms with E-state index in [1.54, 1.807) is 0 Å². The van der Waals surface area contributed by atoms with Gasteiger partial charge in [0.2, 0.25) is 0 Å². The van der Waals surface area contributed by atoms with Crippen molar-refractivity contribution in [2.75, 3.05) is 0 Å². The molecule has 0 aromatic carbocycles. The van der Waals surface area contributed by atoms with Crippen LogP contribution in [0.2, 0.25) is 0 Å². The summed E-state index contributed by atoms with van der Waals surface area (Å²) in [5, 5.41) is 0. The van der Waals surface area contributed by atoms with Gasteiger partial charge in [0, 0.05) is 0 Å². The third-order valence-electron chi connectivity index (χ3n) is 2.95. The van der Waals surface area contributed by atoms with Gasteiger partial charge in [-0.1, -0.05) is 13.8 Å². The average Bonchev–Trinajstić information content (AvgIpc) is 2.59. The molecule has 0 saturated heterocycles. The zero-order chi connectivity index (χ0) is 8.72. The van der Waals surface area contributed by atoms with Crippen molar-refractivity contribution in [2.24, 2.45) is 17.8 Å². The second kappa shape index (κ2) is 2.75. The van der Waals surface area contributed by atoms with Crippen molar-refractivity contribution in [1.29, 1.82) is 0 Å². The third-order valence-corrected chi connectivity index (χ3v) is 2.95. The first-order valence-corrected chi connectivity index (χ1v) is 4.87. The predicted octanol–water partition coefficient (Wildman–Crippen LogP) is 1.98. The normalized spacial score (nSPS) is 38.1. The molecule has 2 rings (SSSR count). The summed E-state index contributed by atoms with van der Waals surface area (Å²) in [4.78, 5) is 11.2. The minimum absolute atomic E-state index is 0.0266. The molecule has 2 nitrogen and oxygen atoms in total. The molecule has 2 saturated carbocycles. The summed E-state index contributed by atoms with van der Waals surface area (Å²) in [6, 6.07) is 0. The van der Waals surface area contributed by atoms with Crippen LogP contribution in [0, 0.1) is 17.8 Å². The van der Waals surface area contributed by atoms with Crippen molar-refractivity contribution in [3.8, 4) is 0 Å². The summed E-state index contributed by atoms with van der Waals surface area (Å²) in [5.74, 6) is 1.80. The van der Waals surface area contributed by atoms with Crippen molar-refractivity contribution >= 4 is 5.97 Å². The molecule has 0 bridgehead atoms. The number of fused-ring (bicyclic) bond motifs is 1. The molecule has 2 aliphatic carbocycles. The number of ether oxygens (including phenoxy) is 1. The number of carbonyl (C=O) groups excluding carboxylic acids is 1. The maximum Gasteiger partial charge on any atom is 0.308 e. The van der Waals surface area contributed by atoms with Gasteiger partial charge in [0.25, 0.3) is 0 Å². The SMILES string of the molecule is CC(C)C(=O)O[C@@H]1C[C@@H]2C[C@@H]2C1. The van der Waals surface area contributed by atoms with E-state index in [4.69, 9.17) is 4.74 Å². The monoisotopic (exact) mass is 168 g/mol. The molecule has 0 aromatic heterocycles. The lowest BCUT2D eigenvalue weighted by Crippen LogP contribution is -2.20. The lowest BCUT2D eigenvalue weighted by Gasteiger charge is -2.14. The van der Waals surface area contributed by atoms with Gasteiger partial charge >= 0.3 is 5.97 Å². The maximum atomic E-state index is 11.2. The Morgan fingerprint density at radius 2 is 1.83 bits per heavy atom. The molecular weight excluding hydrogens is 152 g/mol. The minimum atomic E-state index is -0.0266. The highest BCUT2D eigenvalue weighted by molar-refractivity contribution is 5.71. The van der Waals surface area contributed by atoms with Gasteiger partial charge in [-0.15, -0.1) is 0 Å². The van der Waals surface area contributed by atoms with Gasteiger partial charge in [0.05, 0.1) is 5.92 Å². The second-order valence-electron chi connectivity index (χ2n) is 4.44. The number of rotatable bonds is 2. The molecule has 0 unspecified atom stereocenters. The summed E-state index contributed by atoms with van der Waals surface area (Å²) >= 11 is 0. The minimum Gasteiger partial charge on any atom is -0.462 e. The molecule has 0 spiro atoms. The second-order valence-corrected chi connectivity index (χ2v) is 4.44. The molecule has 2 aliphatic rings. The van der Waals surface area contributed by atoms with Crippen molar-refractivity contribution in [3.05, 3.63) is 0 Å². The van der Waals surface area contributed by atoms with Crippen LogP contribution in [-0.4, -0.2) is 12.1 Å². The third kappa shape index (κ3) is 1.47. The molecule has 0 aliphatic heterocycles. The van der Waals surface area contributed by atoms with Crippen LogP contribution in [0.15, 0.2) is 0 Å². The van der Waals surface area contributed by atoms with Gasteiger partial charge < -0.3 is 4.74 Å². The van der Waals surface area contributed by atoms with Crippen LogP contribution in [0.3, 0.4) is 0 Å². The smallest absolute Gasteiger partial charge is 0.308 e. The highest BCUT2D eigenvalue weighted by Gasteiger charge is 2.47. The lowest BCUT2D eigenvalue weighted by atomic mass is 10.2. The number of hydrogen-bond donors (Lipinski definition) is 0. The van der Waals surface area contributed by atoms with E-state index in [9.17, 15) is 4.79 Å². The first-order chi connectivity index (χ1) is 5.66. The highest BCUT2D eigenvalue weighted by Crippen LogP contribution is 2.52. The number of carbonyl (C=O) groups is 1. The Hall–Kier alpha value is -0.530. The van der Waals surface area contributed by atoms with Crippen molar-refractivity contribution in [1.82, 2.24) is 0 Å². The van der Waals surface area contributed by atoms with E-state index in [1.807, 2.05) is 13.8 Å². The van der Waals surface area contributed by atoms with Crippen LogP contribution >= 0.6 is 0 Å². The van der Waals surface area contributed by atoms with Crippen LogP contribution in [0.1, 0.15) is 33.1 Å². The fourth-order valence-corrected chi connectivity index (χ4v) is 2.06. The molecule has 0 radical (unpaired) electrons. The van der Waals surface area contributed by atoms with E-state index in [0.29, 0.717) is 0 Å². The largest absolute Gasteiger partial charge is 0.462 e. The van der Waals surface area contributed by atoms with E-state index < -0.39 is 0 Å². The van der Waals surface area contributed by atoms with E-state index in [-0.39, 0.29) is 18.0 Å². The molecule has 0 heterocycles. The van der Waals surface area contributed by atoms with Crippen molar-refractivity contribution in [2.45, 2.75) is 39.2 Å². The Morgan fingerprint density at radius 1 is 1.25 bits per heavy atom. The summed E-state index contributed by atoms with van der Waals surface area (Å²) in [5.41, 5.74) is 0. The van der Waals surface area contributed by atoms with E-state index in [1.165, 1.54) is 6.42 Å². The Balaban J connectivity index is 1.77. The van der Waals surface area contributed by atoms with Crippen LogP contribution in [0.5, 0.6) is 0 Å². The van der Waals surface area contributed by atoms with Gasteiger partial charge in [-0.2, -0.15) is 0 Å². The molecule has 0 amide bonds. The molecule has 68 valence electrons. The standard InChI is InChI=1S/C10H16O2/c1-6(2)10(11)12-9-4-7-3-8(7)5-9/h6-9H,3-5H2,1-2H3/t7-,8+,9+. The molecule has 0 aromatic rings. The van der Waals surface area contributed by atoms with E-state index >= 15 is 0 Å². The molecule has 2 fully saturated rings. The quantitative estimate of drug-likeness (QED) is 0.589. The summed E-state index contributed by atoms with van der Waals surface area (Å²) in [7, 11) is 0. The Morgan fingerprint density at radius 3 is 2.33 bits per heavy atom. The van der Waals surface area contributed by atoms with Gasteiger partial charge in [0.1, 0.15) is 6.10 Å². The van der Waals surface area contributed by atoms with Gasteiger partial charge in [-0.25, -0.2) is 0 Å². The molecule has 3 atom stereocenters. The van der Waals surface area contributed by atoms with E-state index in [2.05, 4.69) is 0 Å². The molecule has 0 N–H and O–H groups in total. The molecule has 12 heavy (non-hydrogen) atoms. The summed E-state index contributed by atoms with van der Waals surface area (Å²) in [6.45, 7) is 3.77. The van der Waals surface area contributed by atoms with Gasteiger partial charge in [-0.3, -0.25) is 4.79 Å². The Bertz CT molecular complexity index is 188. The summed E-state index contributed by atoms with van der Waals surface area (Å²) in [6.07, 6.45) is 3.89. The predicted molar refractivity (Wildman–Crippen MR) is 45.5 cm³/mol. The fourth-order valence-electron chi connectivity index (χ4n) is 2.06. The van der Waals surface area contributed by atoms with Crippen LogP contribution in [-0.2, 0) is 9.53 Å². The zero-order valence-corrected chi connectivity index (χ0v) is 7.75. The van der Waals surface area contributed by atoms with Gasteiger partial charge in [-0.05, 0) is 31.1 Å². The first-order valence-electron chi connectivity index (χ1n) is 4.87. The van der Waals surface area contributed by atoms with Crippen LogP contribution in [0.4, 0.5) is 0 Å². The summed E-state index contributed by atoms with van der Waals surface area (Å²) < 4.78 is 5.33. The fraction of sp³-hybridized carbons (Fsp3) is 0.900. The zero-order valence-electron chi connectivity index (χ0n) is 7.75. The Labute approximate surface area is 73.3 Å².